The Hall–Kier alpha value is -3.29. The number of halogens is 1. The second-order valence-electron chi connectivity index (χ2n) is 5.81. The summed E-state index contributed by atoms with van der Waals surface area (Å²) in [5.74, 6) is 0.0127. The number of amides is 1. The zero-order valence-corrected chi connectivity index (χ0v) is 14.2. The maximum atomic E-state index is 12.9. The van der Waals surface area contributed by atoms with Crippen LogP contribution in [0.2, 0.25) is 0 Å². The monoisotopic (exact) mass is 368 g/mol. The topological polar surface area (TPSA) is 106 Å². The molecule has 6 nitrogen and oxygen atoms in total. The highest BCUT2D eigenvalue weighted by atomic mass is 19.1. The molecule has 3 rings (SSSR count). The van der Waals surface area contributed by atoms with Gasteiger partial charge < -0.3 is 20.7 Å². The molecular weight excluding hydrogens is 351 g/mol. The second kappa shape index (κ2) is 7.94. The van der Waals surface area contributed by atoms with Gasteiger partial charge in [-0.25, -0.2) is 9.37 Å². The number of primary amides is 1. The molecule has 1 aromatic heterocycles. The van der Waals surface area contributed by atoms with Crippen LogP contribution >= 0.6 is 0 Å². The molecule has 2 aromatic carbocycles. The molecule has 0 aliphatic heterocycles. The van der Waals surface area contributed by atoms with Gasteiger partial charge in [0.1, 0.15) is 23.4 Å². The lowest BCUT2D eigenvalue weighted by Crippen LogP contribution is -2.14. The van der Waals surface area contributed by atoms with E-state index in [0.717, 1.165) is 0 Å². The number of carbonyl (C=O) groups excluding carboxylic acids is 1. The Morgan fingerprint density at radius 3 is 2.22 bits per heavy atom. The number of aromatic nitrogens is 1. The van der Waals surface area contributed by atoms with E-state index < -0.39 is 18.6 Å². The number of aliphatic hydroxyl groups is 2. The minimum Gasteiger partial charge on any atom is -0.457 e. The Labute approximate surface area is 154 Å². The number of hydrogen-bond acceptors (Lipinski definition) is 5. The highest BCUT2D eigenvalue weighted by Gasteiger charge is 2.14. The number of pyridine rings is 1. The predicted octanol–water partition coefficient (Wildman–Crippen LogP) is 2.80. The lowest BCUT2D eigenvalue weighted by molar-refractivity contribution is 0.0919. The van der Waals surface area contributed by atoms with Crippen molar-refractivity contribution in [1.82, 2.24) is 4.98 Å². The van der Waals surface area contributed by atoms with Crippen LogP contribution in [-0.4, -0.2) is 27.7 Å². The zero-order chi connectivity index (χ0) is 19.4. The van der Waals surface area contributed by atoms with Crippen molar-refractivity contribution in [3.8, 4) is 22.8 Å². The molecule has 0 aliphatic carbocycles. The minimum atomic E-state index is -1.22. The highest BCUT2D eigenvalue weighted by molar-refractivity contribution is 5.94. The standard InChI is InChI=1S/C20H17FN2O4/c21-14-3-7-16(8-4-14)27-15-5-1-12(2-6-15)17-9-13(20(22)26)10-18(23-17)19(25)11-24/h1-10,19,24-25H,11H2,(H2,22,26)/t19-/m1/s1. The molecule has 0 saturated carbocycles. The summed E-state index contributed by atoms with van der Waals surface area (Å²) in [6, 6.07) is 15.3. The number of hydrogen-bond donors (Lipinski definition) is 3. The lowest BCUT2D eigenvalue weighted by atomic mass is 10.1. The molecule has 1 atom stereocenters. The number of aliphatic hydroxyl groups excluding tert-OH is 2. The molecule has 0 unspecified atom stereocenters. The van der Waals surface area contributed by atoms with Crippen LogP contribution in [0.25, 0.3) is 11.3 Å². The van der Waals surface area contributed by atoms with Crippen molar-refractivity contribution in [1.29, 1.82) is 0 Å². The smallest absolute Gasteiger partial charge is 0.248 e. The minimum absolute atomic E-state index is 0.149. The van der Waals surface area contributed by atoms with E-state index in [1.165, 1.54) is 36.4 Å². The maximum absolute atomic E-state index is 12.9. The number of nitrogens with two attached hydrogens (primary N) is 1. The summed E-state index contributed by atoms with van der Waals surface area (Å²) in [4.78, 5) is 15.8. The summed E-state index contributed by atoms with van der Waals surface area (Å²) in [5.41, 5.74) is 6.74. The molecule has 0 bridgehead atoms. The molecular formula is C20H17FN2O4. The van der Waals surface area contributed by atoms with Gasteiger partial charge in [0, 0.05) is 11.1 Å². The number of rotatable bonds is 6. The normalized spacial score (nSPS) is 11.8. The van der Waals surface area contributed by atoms with Gasteiger partial charge >= 0.3 is 0 Å². The van der Waals surface area contributed by atoms with Crippen LogP contribution < -0.4 is 10.5 Å². The first kappa shape index (κ1) is 18.5. The molecule has 0 aliphatic rings. The summed E-state index contributed by atoms with van der Waals surface area (Å²) in [7, 11) is 0. The van der Waals surface area contributed by atoms with Crippen molar-refractivity contribution < 1.29 is 24.1 Å². The van der Waals surface area contributed by atoms with Gasteiger partial charge in [-0.3, -0.25) is 4.79 Å². The number of benzene rings is 2. The van der Waals surface area contributed by atoms with Crippen LogP contribution in [-0.2, 0) is 0 Å². The van der Waals surface area contributed by atoms with Crippen molar-refractivity contribution in [3.05, 3.63) is 77.7 Å². The van der Waals surface area contributed by atoms with Gasteiger partial charge in [0.15, 0.2) is 0 Å². The van der Waals surface area contributed by atoms with Gasteiger partial charge in [-0.15, -0.1) is 0 Å². The van der Waals surface area contributed by atoms with Crippen LogP contribution in [0.3, 0.4) is 0 Å². The Morgan fingerprint density at radius 1 is 1.07 bits per heavy atom. The van der Waals surface area contributed by atoms with Crippen molar-refractivity contribution >= 4 is 5.91 Å². The zero-order valence-electron chi connectivity index (χ0n) is 14.2. The first-order chi connectivity index (χ1) is 13.0. The van der Waals surface area contributed by atoms with Gasteiger partial charge in [0.2, 0.25) is 5.91 Å². The van der Waals surface area contributed by atoms with Gasteiger partial charge in [-0.2, -0.15) is 0 Å². The van der Waals surface area contributed by atoms with Crippen LogP contribution in [0.1, 0.15) is 22.2 Å². The van der Waals surface area contributed by atoms with Crippen LogP contribution in [0.4, 0.5) is 4.39 Å². The molecule has 0 radical (unpaired) electrons. The van der Waals surface area contributed by atoms with Crippen LogP contribution in [0.5, 0.6) is 11.5 Å². The van der Waals surface area contributed by atoms with Crippen molar-refractivity contribution in [2.75, 3.05) is 6.61 Å². The highest BCUT2D eigenvalue weighted by Crippen LogP contribution is 2.27. The Morgan fingerprint density at radius 2 is 1.67 bits per heavy atom. The first-order valence-electron chi connectivity index (χ1n) is 8.11. The molecule has 0 spiro atoms. The molecule has 138 valence electrons. The molecule has 27 heavy (non-hydrogen) atoms. The third kappa shape index (κ3) is 4.46. The molecule has 0 fully saturated rings. The largest absolute Gasteiger partial charge is 0.457 e. The fraction of sp³-hybridized carbons (Fsp3) is 0.100. The molecule has 7 heteroatoms. The summed E-state index contributed by atoms with van der Waals surface area (Å²) in [5, 5.41) is 18.9. The van der Waals surface area contributed by atoms with Crippen LogP contribution in [0, 0.1) is 5.82 Å². The summed E-state index contributed by atoms with van der Waals surface area (Å²) >= 11 is 0. The van der Waals surface area contributed by atoms with Gasteiger partial charge in [0.25, 0.3) is 0 Å². The first-order valence-corrected chi connectivity index (χ1v) is 8.11. The van der Waals surface area contributed by atoms with Crippen molar-refractivity contribution in [2.45, 2.75) is 6.10 Å². The Balaban J connectivity index is 1.88. The van der Waals surface area contributed by atoms with E-state index in [0.29, 0.717) is 22.8 Å². The molecule has 3 aromatic rings. The predicted molar refractivity (Wildman–Crippen MR) is 96.7 cm³/mol. The summed E-state index contributed by atoms with van der Waals surface area (Å²) in [6.45, 7) is -0.529. The fourth-order valence-electron chi connectivity index (χ4n) is 2.44. The SMILES string of the molecule is NC(=O)c1cc(-c2ccc(Oc3ccc(F)cc3)cc2)nc([C@H](O)CO)c1. The van der Waals surface area contributed by atoms with E-state index in [2.05, 4.69) is 4.98 Å². The van der Waals surface area contributed by atoms with E-state index in [9.17, 15) is 14.3 Å². The second-order valence-corrected chi connectivity index (χ2v) is 5.81. The van der Waals surface area contributed by atoms with Crippen LogP contribution in [0.15, 0.2) is 60.7 Å². The number of ether oxygens (including phenoxy) is 1. The lowest BCUT2D eigenvalue weighted by Gasteiger charge is -2.11. The Bertz CT molecular complexity index is 943. The van der Waals surface area contributed by atoms with E-state index in [4.69, 9.17) is 15.6 Å². The molecule has 1 amide bonds. The number of carbonyl (C=O) groups is 1. The fourth-order valence-corrected chi connectivity index (χ4v) is 2.44. The van der Waals surface area contributed by atoms with E-state index in [-0.39, 0.29) is 17.1 Å². The number of nitrogens with zero attached hydrogens (tertiary/aromatic N) is 1. The average Bonchev–Trinajstić information content (AvgIpc) is 2.69. The molecule has 1 heterocycles. The van der Waals surface area contributed by atoms with Gasteiger partial charge in [0.05, 0.1) is 18.0 Å². The maximum Gasteiger partial charge on any atom is 0.248 e. The summed E-state index contributed by atoms with van der Waals surface area (Å²) < 4.78 is 18.6. The third-order valence-corrected chi connectivity index (χ3v) is 3.84. The van der Waals surface area contributed by atoms with Crippen molar-refractivity contribution in [2.24, 2.45) is 5.73 Å². The van der Waals surface area contributed by atoms with Crippen molar-refractivity contribution in [3.63, 3.8) is 0 Å². The third-order valence-electron chi connectivity index (χ3n) is 3.84. The van der Waals surface area contributed by atoms with E-state index in [1.54, 1.807) is 24.3 Å². The Kier molecular flexibility index (Phi) is 5.44. The van der Waals surface area contributed by atoms with E-state index >= 15 is 0 Å². The molecule has 0 saturated heterocycles. The average molecular weight is 368 g/mol. The quantitative estimate of drug-likeness (QED) is 0.620. The molecule has 4 N–H and O–H groups in total. The van der Waals surface area contributed by atoms with Gasteiger partial charge in [-0.05, 0) is 60.7 Å². The van der Waals surface area contributed by atoms with E-state index in [1.807, 2.05) is 0 Å². The van der Waals surface area contributed by atoms with Gasteiger partial charge in [-0.1, -0.05) is 0 Å². The summed E-state index contributed by atoms with van der Waals surface area (Å²) in [6.07, 6.45) is -1.22.